The molecule has 0 spiro atoms. The normalized spacial score (nSPS) is 17.5. The second-order valence-corrected chi connectivity index (χ2v) is 10.2. The molecule has 0 aliphatic heterocycles. The van der Waals surface area contributed by atoms with Gasteiger partial charge in [0.1, 0.15) is 0 Å². The van der Waals surface area contributed by atoms with Gasteiger partial charge in [-0.05, 0) is 54.8 Å². The van der Waals surface area contributed by atoms with Gasteiger partial charge in [0, 0.05) is 0 Å². The Morgan fingerprint density at radius 3 is 1.89 bits per heavy atom. The molecule has 0 aromatic carbocycles. The average molecular weight is 379 g/mol. The lowest BCUT2D eigenvalue weighted by Gasteiger charge is -2.35. The van der Waals surface area contributed by atoms with E-state index in [0.29, 0.717) is 0 Å². The fourth-order valence-electron chi connectivity index (χ4n) is 5.11. The van der Waals surface area contributed by atoms with E-state index in [-0.39, 0.29) is 0 Å². The molecule has 162 valence electrons. The highest BCUT2D eigenvalue weighted by atomic mass is 14.3. The first-order chi connectivity index (χ1) is 12.8. The van der Waals surface area contributed by atoms with Crippen LogP contribution in [0.1, 0.15) is 126 Å². The Bertz CT molecular complexity index is 353. The van der Waals surface area contributed by atoms with E-state index < -0.39 is 0 Å². The summed E-state index contributed by atoms with van der Waals surface area (Å²) in [6, 6.07) is 0. The van der Waals surface area contributed by atoms with Crippen molar-refractivity contribution in [3.05, 3.63) is 12.2 Å². The van der Waals surface area contributed by atoms with Crippen molar-refractivity contribution in [1.29, 1.82) is 0 Å². The molecule has 0 aliphatic rings. The largest absolute Gasteiger partial charge is 0.0998 e. The van der Waals surface area contributed by atoms with Gasteiger partial charge in [0.25, 0.3) is 0 Å². The van der Waals surface area contributed by atoms with Crippen molar-refractivity contribution in [2.24, 2.45) is 35.5 Å². The first-order valence-corrected chi connectivity index (χ1v) is 12.4. The minimum absolute atomic E-state index is 0.759. The van der Waals surface area contributed by atoms with Crippen molar-refractivity contribution in [3.8, 4) is 0 Å². The number of allylic oxidation sites excluding steroid dienone is 1. The van der Waals surface area contributed by atoms with Crippen molar-refractivity contribution < 1.29 is 0 Å². The van der Waals surface area contributed by atoms with Crippen molar-refractivity contribution >= 4 is 0 Å². The van der Waals surface area contributed by atoms with E-state index >= 15 is 0 Å². The van der Waals surface area contributed by atoms with Gasteiger partial charge in [0.15, 0.2) is 0 Å². The summed E-state index contributed by atoms with van der Waals surface area (Å²) in [6.45, 7) is 23.8. The molecule has 27 heavy (non-hydrogen) atoms. The number of rotatable bonds is 17. The van der Waals surface area contributed by atoms with E-state index in [1.807, 2.05) is 0 Å². The molecule has 0 heterocycles. The van der Waals surface area contributed by atoms with E-state index in [9.17, 15) is 0 Å². The third-order valence-corrected chi connectivity index (χ3v) is 7.07. The summed E-state index contributed by atoms with van der Waals surface area (Å²) in [5, 5.41) is 0. The van der Waals surface area contributed by atoms with Crippen LogP contribution in [0, 0.1) is 35.5 Å². The molecule has 0 saturated carbocycles. The highest BCUT2D eigenvalue weighted by Gasteiger charge is 2.27. The lowest BCUT2D eigenvalue weighted by Crippen LogP contribution is -2.26. The van der Waals surface area contributed by atoms with Crippen LogP contribution in [0.25, 0.3) is 0 Å². The maximum absolute atomic E-state index is 4.48. The molecule has 0 nitrogen and oxygen atoms in total. The zero-order valence-electron chi connectivity index (χ0n) is 20.4. The first kappa shape index (κ1) is 26.7. The van der Waals surface area contributed by atoms with Gasteiger partial charge >= 0.3 is 0 Å². The fourth-order valence-corrected chi connectivity index (χ4v) is 5.11. The van der Waals surface area contributed by atoms with Crippen LogP contribution < -0.4 is 0 Å². The molecule has 5 atom stereocenters. The van der Waals surface area contributed by atoms with Gasteiger partial charge in [-0.25, -0.2) is 0 Å². The lowest BCUT2D eigenvalue weighted by molar-refractivity contribution is 0.170. The Labute approximate surface area is 174 Å². The summed E-state index contributed by atoms with van der Waals surface area (Å²) in [6.07, 6.45) is 14.9. The maximum atomic E-state index is 4.48. The standard InChI is InChI=1S/C27H54/c1-10-13-14-16-22(6)17-18-26(12-3)25(9)27(21(4)5)20-24(8)19-23(7)15-11-2/h21-23,25-27H,8,10-20H2,1-7,9H3. The number of hydrogen-bond acceptors (Lipinski definition) is 0. The van der Waals surface area contributed by atoms with E-state index in [2.05, 4.69) is 62.0 Å². The molecule has 0 heteroatoms. The fraction of sp³-hybridized carbons (Fsp3) is 0.926. The topological polar surface area (TPSA) is 0 Å². The molecule has 0 aromatic rings. The summed E-state index contributed by atoms with van der Waals surface area (Å²) in [5.41, 5.74) is 1.50. The molecule has 0 N–H and O–H groups in total. The first-order valence-electron chi connectivity index (χ1n) is 12.4. The summed E-state index contributed by atoms with van der Waals surface area (Å²) < 4.78 is 0. The van der Waals surface area contributed by atoms with Crippen LogP contribution in [-0.4, -0.2) is 0 Å². The van der Waals surface area contributed by atoms with E-state index in [0.717, 1.165) is 35.5 Å². The van der Waals surface area contributed by atoms with Crippen LogP contribution in [0.15, 0.2) is 12.2 Å². The number of hydrogen-bond donors (Lipinski definition) is 0. The number of unbranched alkanes of at least 4 members (excludes halogenated alkanes) is 2. The van der Waals surface area contributed by atoms with Crippen LogP contribution in [-0.2, 0) is 0 Å². The Morgan fingerprint density at radius 2 is 1.37 bits per heavy atom. The van der Waals surface area contributed by atoms with Gasteiger partial charge in [0.2, 0.25) is 0 Å². The van der Waals surface area contributed by atoms with Crippen LogP contribution in [0.3, 0.4) is 0 Å². The van der Waals surface area contributed by atoms with Gasteiger partial charge in [-0.15, -0.1) is 0 Å². The minimum Gasteiger partial charge on any atom is -0.0998 e. The molecule has 0 rings (SSSR count). The molecule has 0 saturated heterocycles. The van der Waals surface area contributed by atoms with Crippen LogP contribution in [0.4, 0.5) is 0 Å². The SMILES string of the molecule is C=C(CC(C)CCC)CC(C(C)C)C(C)C(CC)CCC(C)CCCCC. The van der Waals surface area contributed by atoms with Gasteiger partial charge in [0.05, 0.1) is 0 Å². The van der Waals surface area contributed by atoms with Crippen molar-refractivity contribution in [2.45, 2.75) is 126 Å². The molecule has 0 aliphatic carbocycles. The molecular weight excluding hydrogens is 324 g/mol. The smallest absolute Gasteiger partial charge is 0.0289 e. The Kier molecular flexibility index (Phi) is 15.5. The highest BCUT2D eigenvalue weighted by Crippen LogP contribution is 2.37. The third-order valence-electron chi connectivity index (χ3n) is 7.07. The van der Waals surface area contributed by atoms with Crippen LogP contribution >= 0.6 is 0 Å². The maximum Gasteiger partial charge on any atom is -0.0289 e. The molecule has 0 amide bonds. The quantitative estimate of drug-likeness (QED) is 0.174. The van der Waals surface area contributed by atoms with Gasteiger partial charge in [-0.3, -0.25) is 0 Å². The van der Waals surface area contributed by atoms with Crippen molar-refractivity contribution in [2.75, 3.05) is 0 Å². The van der Waals surface area contributed by atoms with Crippen molar-refractivity contribution in [3.63, 3.8) is 0 Å². The monoisotopic (exact) mass is 378 g/mol. The van der Waals surface area contributed by atoms with E-state index in [1.165, 1.54) is 76.2 Å². The highest BCUT2D eigenvalue weighted by molar-refractivity contribution is 4.99. The van der Waals surface area contributed by atoms with Crippen molar-refractivity contribution in [1.82, 2.24) is 0 Å². The van der Waals surface area contributed by atoms with Gasteiger partial charge in [-0.2, -0.15) is 0 Å². The average Bonchev–Trinajstić information content (AvgIpc) is 2.60. The molecule has 0 fully saturated rings. The predicted octanol–water partition coefficient (Wildman–Crippen LogP) is 9.69. The zero-order chi connectivity index (χ0) is 20.8. The molecule has 0 radical (unpaired) electrons. The second-order valence-electron chi connectivity index (χ2n) is 10.2. The molecule has 0 aromatic heterocycles. The Hall–Kier alpha value is -0.260. The summed E-state index contributed by atoms with van der Waals surface area (Å²) >= 11 is 0. The Morgan fingerprint density at radius 1 is 0.704 bits per heavy atom. The van der Waals surface area contributed by atoms with Gasteiger partial charge in [-0.1, -0.05) is 119 Å². The summed E-state index contributed by atoms with van der Waals surface area (Å²) in [5.74, 6) is 4.96. The summed E-state index contributed by atoms with van der Waals surface area (Å²) in [4.78, 5) is 0. The Balaban J connectivity index is 4.65. The molecular formula is C27H54. The second kappa shape index (κ2) is 15.6. The predicted molar refractivity (Wildman–Crippen MR) is 126 cm³/mol. The van der Waals surface area contributed by atoms with E-state index in [1.54, 1.807) is 0 Å². The minimum atomic E-state index is 0.759. The molecule has 5 unspecified atom stereocenters. The van der Waals surface area contributed by atoms with E-state index in [4.69, 9.17) is 0 Å². The third kappa shape index (κ3) is 12.0. The summed E-state index contributed by atoms with van der Waals surface area (Å²) in [7, 11) is 0. The molecule has 0 bridgehead atoms. The van der Waals surface area contributed by atoms with Gasteiger partial charge < -0.3 is 0 Å². The van der Waals surface area contributed by atoms with Crippen LogP contribution in [0.2, 0.25) is 0 Å². The zero-order valence-corrected chi connectivity index (χ0v) is 20.4. The lowest BCUT2D eigenvalue weighted by atomic mass is 9.71. The van der Waals surface area contributed by atoms with Crippen LogP contribution in [0.5, 0.6) is 0 Å².